The molecule has 0 aliphatic carbocycles. The molecule has 3 rings (SSSR count). The normalized spacial score (nSPS) is 13.0. The molecule has 0 saturated heterocycles. The number of amides is 1. The molecule has 1 atom stereocenters. The Kier molecular flexibility index (Phi) is 6.88. The predicted molar refractivity (Wildman–Crippen MR) is 123 cm³/mol. The summed E-state index contributed by atoms with van der Waals surface area (Å²) in [6.45, 7) is 7.91. The van der Waals surface area contributed by atoms with Crippen LogP contribution in [0.1, 0.15) is 48.7 Å². The van der Waals surface area contributed by atoms with Gasteiger partial charge in [-0.1, -0.05) is 73.2 Å². The van der Waals surface area contributed by atoms with Crippen molar-refractivity contribution in [3.63, 3.8) is 0 Å². The zero-order chi connectivity index (χ0) is 22.6. The summed E-state index contributed by atoms with van der Waals surface area (Å²) in [5, 5.41) is 10.3. The van der Waals surface area contributed by atoms with Crippen molar-refractivity contribution < 1.29 is 13.2 Å². The van der Waals surface area contributed by atoms with Crippen LogP contribution in [-0.4, -0.2) is 30.6 Å². The molecule has 31 heavy (non-hydrogen) atoms. The van der Waals surface area contributed by atoms with E-state index in [2.05, 4.69) is 34.1 Å². The Morgan fingerprint density at radius 3 is 2.35 bits per heavy atom. The van der Waals surface area contributed by atoms with Crippen molar-refractivity contribution in [2.24, 2.45) is 0 Å². The molecule has 0 fully saturated rings. The molecule has 0 aliphatic rings. The van der Waals surface area contributed by atoms with Crippen molar-refractivity contribution in [3.05, 3.63) is 71.3 Å². The van der Waals surface area contributed by atoms with E-state index in [1.54, 1.807) is 12.1 Å². The maximum atomic E-state index is 12.8. The number of rotatable bonds is 8. The molecule has 1 heterocycles. The van der Waals surface area contributed by atoms with Gasteiger partial charge in [-0.05, 0) is 43.4 Å². The fourth-order valence-electron chi connectivity index (χ4n) is 3.37. The molecule has 0 spiro atoms. The summed E-state index contributed by atoms with van der Waals surface area (Å²) >= 11 is 0.818. The third kappa shape index (κ3) is 5.96. The van der Waals surface area contributed by atoms with Gasteiger partial charge in [0.1, 0.15) is 0 Å². The molecule has 7 nitrogen and oxygen atoms in total. The first-order valence-corrected chi connectivity index (χ1v) is 12.2. The van der Waals surface area contributed by atoms with Crippen molar-refractivity contribution >= 4 is 32.4 Å². The van der Waals surface area contributed by atoms with Crippen LogP contribution in [0.4, 0.5) is 5.13 Å². The molecule has 2 aromatic carbocycles. The highest BCUT2D eigenvalue weighted by Crippen LogP contribution is 2.29. The molecular formula is C22H26N4O3S2. The molecule has 0 aliphatic heterocycles. The molecule has 9 heteroatoms. The number of carbonyl (C=O) groups excluding carboxylic acids is 1. The number of aryl methyl sites for hydroxylation is 1. The van der Waals surface area contributed by atoms with E-state index in [1.807, 2.05) is 56.3 Å². The summed E-state index contributed by atoms with van der Waals surface area (Å²) in [4.78, 5) is 12.3. The summed E-state index contributed by atoms with van der Waals surface area (Å²) in [6.07, 6.45) is 0.603. The number of nitrogens with one attached hydrogen (secondary N) is 2. The van der Waals surface area contributed by atoms with Gasteiger partial charge in [0.25, 0.3) is 15.9 Å². The average molecular weight is 459 g/mol. The monoisotopic (exact) mass is 458 g/mol. The molecule has 0 radical (unpaired) electrons. The van der Waals surface area contributed by atoms with Crippen molar-refractivity contribution in [2.45, 2.75) is 49.9 Å². The number of hydrogen-bond acceptors (Lipinski definition) is 6. The summed E-state index contributed by atoms with van der Waals surface area (Å²) in [6, 6.07) is 16.7. The van der Waals surface area contributed by atoms with Crippen LogP contribution in [0.15, 0.2) is 58.9 Å². The molecule has 164 valence electrons. The maximum Gasteiger partial charge on any atom is 0.270 e. The zero-order valence-corrected chi connectivity index (χ0v) is 19.5. The summed E-state index contributed by atoms with van der Waals surface area (Å²) < 4.78 is 28.0. The SMILES string of the molecule is Cc1ccc(C(=O)Nc2nnc(S(=O)(=O)NC(C)CC(C)(C)c3ccccc3)s2)cc1. The zero-order valence-electron chi connectivity index (χ0n) is 17.9. The van der Waals surface area contributed by atoms with Crippen LogP contribution in [0.25, 0.3) is 0 Å². The minimum Gasteiger partial charge on any atom is -0.296 e. The standard InChI is InChI=1S/C22H26N4O3S2/c1-15-10-12-17(13-11-15)19(27)23-20-24-25-21(30-20)31(28,29)26-16(2)14-22(3,4)18-8-6-5-7-9-18/h5-13,16,26H,14H2,1-4H3,(H,23,24,27). The Morgan fingerprint density at radius 2 is 1.71 bits per heavy atom. The minimum atomic E-state index is -3.86. The van der Waals surface area contributed by atoms with Crippen molar-refractivity contribution in [2.75, 3.05) is 5.32 Å². The van der Waals surface area contributed by atoms with Crippen molar-refractivity contribution in [3.8, 4) is 0 Å². The number of sulfonamides is 1. The first-order chi connectivity index (χ1) is 14.6. The lowest BCUT2D eigenvalue weighted by molar-refractivity contribution is 0.102. The minimum absolute atomic E-state index is 0.128. The van der Waals surface area contributed by atoms with Crippen LogP contribution in [0.3, 0.4) is 0 Å². The second-order valence-corrected chi connectivity index (χ2v) is 11.0. The number of aromatic nitrogens is 2. The third-order valence-corrected chi connectivity index (χ3v) is 7.69. The molecule has 1 amide bonds. The Bertz CT molecular complexity index is 1140. The number of hydrogen-bond donors (Lipinski definition) is 2. The van der Waals surface area contributed by atoms with Crippen LogP contribution >= 0.6 is 11.3 Å². The fraction of sp³-hybridized carbons (Fsp3) is 0.318. The van der Waals surface area contributed by atoms with Gasteiger partial charge >= 0.3 is 0 Å². The molecule has 2 N–H and O–H groups in total. The van der Waals surface area contributed by atoms with E-state index < -0.39 is 10.0 Å². The Balaban J connectivity index is 1.65. The van der Waals surface area contributed by atoms with E-state index in [-0.39, 0.29) is 26.8 Å². The quantitative estimate of drug-likeness (QED) is 0.494. The van der Waals surface area contributed by atoms with Gasteiger partial charge in [-0.15, -0.1) is 10.2 Å². The topological polar surface area (TPSA) is 101 Å². The van der Waals surface area contributed by atoms with E-state index in [9.17, 15) is 13.2 Å². The smallest absolute Gasteiger partial charge is 0.270 e. The van der Waals surface area contributed by atoms with Crippen LogP contribution in [0.5, 0.6) is 0 Å². The molecule has 0 saturated carbocycles. The van der Waals surface area contributed by atoms with Gasteiger partial charge in [0.2, 0.25) is 9.47 Å². The van der Waals surface area contributed by atoms with Gasteiger partial charge in [-0.2, -0.15) is 0 Å². The summed E-state index contributed by atoms with van der Waals surface area (Å²) in [5.74, 6) is -0.369. The highest BCUT2D eigenvalue weighted by molar-refractivity contribution is 7.91. The van der Waals surface area contributed by atoms with Gasteiger partial charge < -0.3 is 0 Å². The van der Waals surface area contributed by atoms with Crippen LogP contribution in [0.2, 0.25) is 0 Å². The van der Waals surface area contributed by atoms with Crippen LogP contribution in [0, 0.1) is 6.92 Å². The third-order valence-electron chi connectivity index (χ3n) is 4.90. The molecule has 1 unspecified atom stereocenters. The van der Waals surface area contributed by atoms with E-state index >= 15 is 0 Å². The number of carbonyl (C=O) groups is 1. The van der Waals surface area contributed by atoms with Crippen molar-refractivity contribution in [1.82, 2.24) is 14.9 Å². The predicted octanol–water partition coefficient (Wildman–Crippen LogP) is 4.13. The molecule has 0 bridgehead atoms. The Labute approximate surface area is 187 Å². The highest BCUT2D eigenvalue weighted by Gasteiger charge is 2.28. The van der Waals surface area contributed by atoms with E-state index in [1.165, 1.54) is 0 Å². The first kappa shape index (κ1) is 23.1. The van der Waals surface area contributed by atoms with E-state index in [0.717, 1.165) is 22.5 Å². The summed E-state index contributed by atoms with van der Waals surface area (Å²) in [7, 11) is -3.86. The number of anilines is 1. The second-order valence-electron chi connectivity index (χ2n) is 8.17. The summed E-state index contributed by atoms with van der Waals surface area (Å²) in [5.41, 5.74) is 2.42. The lowest BCUT2D eigenvalue weighted by atomic mass is 9.79. The van der Waals surface area contributed by atoms with Crippen LogP contribution < -0.4 is 10.0 Å². The van der Waals surface area contributed by atoms with Gasteiger partial charge in [-0.25, -0.2) is 13.1 Å². The number of nitrogens with zero attached hydrogens (tertiary/aromatic N) is 2. The molecular weight excluding hydrogens is 432 g/mol. The van der Waals surface area contributed by atoms with Gasteiger partial charge in [0.05, 0.1) is 0 Å². The molecule has 3 aromatic rings. The van der Waals surface area contributed by atoms with Crippen LogP contribution in [-0.2, 0) is 15.4 Å². The van der Waals surface area contributed by atoms with E-state index in [4.69, 9.17) is 0 Å². The Hall–Kier alpha value is -2.62. The largest absolute Gasteiger partial charge is 0.296 e. The second kappa shape index (κ2) is 9.25. The maximum absolute atomic E-state index is 12.8. The average Bonchev–Trinajstić information content (AvgIpc) is 3.18. The van der Waals surface area contributed by atoms with Gasteiger partial charge in [-0.3, -0.25) is 10.1 Å². The van der Waals surface area contributed by atoms with E-state index in [0.29, 0.717) is 12.0 Å². The number of benzene rings is 2. The van der Waals surface area contributed by atoms with Gasteiger partial charge in [0, 0.05) is 11.6 Å². The van der Waals surface area contributed by atoms with Crippen molar-refractivity contribution in [1.29, 1.82) is 0 Å². The Morgan fingerprint density at radius 1 is 1.06 bits per heavy atom. The lowest BCUT2D eigenvalue weighted by Gasteiger charge is -2.28. The molecule has 1 aromatic heterocycles. The lowest BCUT2D eigenvalue weighted by Crippen LogP contribution is -2.37. The first-order valence-electron chi connectivity index (χ1n) is 9.86. The van der Waals surface area contributed by atoms with Gasteiger partial charge in [0.15, 0.2) is 0 Å². The fourth-order valence-corrected chi connectivity index (χ4v) is 5.53. The highest BCUT2D eigenvalue weighted by atomic mass is 32.2.